The fourth-order valence-corrected chi connectivity index (χ4v) is 4.85. The molecule has 1 unspecified atom stereocenters. The second-order valence-corrected chi connectivity index (χ2v) is 8.46. The van der Waals surface area contributed by atoms with Crippen molar-refractivity contribution in [1.82, 2.24) is 10.2 Å². The number of methoxy groups -OCH3 is 2. The maximum atomic E-state index is 11.9. The molecular formula is C17H24N2O4S2. The van der Waals surface area contributed by atoms with Crippen molar-refractivity contribution in [2.24, 2.45) is 0 Å². The number of benzene rings is 1. The summed E-state index contributed by atoms with van der Waals surface area (Å²) in [5, 5.41) is 3.62. The summed E-state index contributed by atoms with van der Waals surface area (Å²) in [5.74, 6) is 1.60. The standard InChI is InChI=1S/C17H24N2O4S2/c1-4-8-18-17(24)19(14-7-9-25(20,21)12-14)11-13-5-6-15(22-2)16(10-13)23-3/h4-6,10,14H,1,7-9,11-12H2,2-3H3,(H,18,24). The van der Waals surface area contributed by atoms with Gasteiger partial charge < -0.3 is 19.7 Å². The van der Waals surface area contributed by atoms with Gasteiger partial charge in [0.1, 0.15) is 0 Å². The molecule has 1 aliphatic rings. The van der Waals surface area contributed by atoms with Gasteiger partial charge in [-0.05, 0) is 36.3 Å². The van der Waals surface area contributed by atoms with Crippen molar-refractivity contribution in [2.75, 3.05) is 32.3 Å². The van der Waals surface area contributed by atoms with Crippen LogP contribution >= 0.6 is 12.2 Å². The number of hydrogen-bond acceptors (Lipinski definition) is 5. The highest BCUT2D eigenvalue weighted by Gasteiger charge is 2.33. The van der Waals surface area contributed by atoms with Gasteiger partial charge in [-0.1, -0.05) is 12.1 Å². The smallest absolute Gasteiger partial charge is 0.169 e. The molecule has 0 spiro atoms. The molecule has 138 valence electrons. The molecule has 0 saturated carbocycles. The van der Waals surface area contributed by atoms with Crippen LogP contribution in [0.1, 0.15) is 12.0 Å². The zero-order chi connectivity index (χ0) is 18.4. The monoisotopic (exact) mass is 384 g/mol. The Hall–Kier alpha value is -1.80. The molecule has 0 radical (unpaired) electrons. The van der Waals surface area contributed by atoms with E-state index in [1.165, 1.54) is 0 Å². The van der Waals surface area contributed by atoms with Crippen LogP contribution in [-0.4, -0.2) is 56.7 Å². The lowest BCUT2D eigenvalue weighted by Crippen LogP contribution is -2.46. The van der Waals surface area contributed by atoms with Gasteiger partial charge in [0.15, 0.2) is 26.4 Å². The van der Waals surface area contributed by atoms with Crippen molar-refractivity contribution in [1.29, 1.82) is 0 Å². The molecule has 1 N–H and O–H groups in total. The van der Waals surface area contributed by atoms with Gasteiger partial charge in [-0.25, -0.2) is 8.42 Å². The second-order valence-electron chi connectivity index (χ2n) is 5.85. The van der Waals surface area contributed by atoms with Gasteiger partial charge in [0.05, 0.1) is 25.7 Å². The normalized spacial score (nSPS) is 18.4. The van der Waals surface area contributed by atoms with Crippen molar-refractivity contribution in [3.8, 4) is 11.5 Å². The third-order valence-electron chi connectivity index (χ3n) is 4.11. The fraction of sp³-hybridized carbons (Fsp3) is 0.471. The van der Waals surface area contributed by atoms with Crippen LogP contribution in [0.25, 0.3) is 0 Å². The summed E-state index contributed by atoms with van der Waals surface area (Å²) in [6.45, 7) is 4.69. The van der Waals surface area contributed by atoms with Crippen molar-refractivity contribution in [3.05, 3.63) is 36.4 Å². The van der Waals surface area contributed by atoms with E-state index in [-0.39, 0.29) is 17.5 Å². The molecule has 1 aromatic rings. The summed E-state index contributed by atoms with van der Waals surface area (Å²) in [6.07, 6.45) is 2.29. The fourth-order valence-electron chi connectivity index (χ4n) is 2.82. The Morgan fingerprint density at radius 1 is 1.40 bits per heavy atom. The largest absolute Gasteiger partial charge is 0.493 e. The molecule has 0 amide bonds. The molecule has 8 heteroatoms. The predicted octanol–water partition coefficient (Wildman–Crippen LogP) is 1.75. The van der Waals surface area contributed by atoms with Crippen molar-refractivity contribution in [3.63, 3.8) is 0 Å². The first-order valence-corrected chi connectivity index (χ1v) is 10.2. The SMILES string of the molecule is C=CCNC(=S)N(Cc1ccc(OC)c(OC)c1)C1CCS(=O)(=O)C1. The Bertz CT molecular complexity index is 734. The lowest BCUT2D eigenvalue weighted by molar-refractivity contribution is 0.321. The Balaban J connectivity index is 2.23. The second kappa shape index (κ2) is 8.53. The lowest BCUT2D eigenvalue weighted by Gasteiger charge is -2.31. The van der Waals surface area contributed by atoms with Crippen LogP contribution in [0.15, 0.2) is 30.9 Å². The summed E-state index contributed by atoms with van der Waals surface area (Å²) in [4.78, 5) is 1.94. The van der Waals surface area contributed by atoms with Crippen LogP contribution in [0.4, 0.5) is 0 Å². The van der Waals surface area contributed by atoms with Crippen LogP contribution in [0.2, 0.25) is 0 Å². The maximum absolute atomic E-state index is 11.9. The highest BCUT2D eigenvalue weighted by Crippen LogP contribution is 2.29. The molecule has 1 fully saturated rings. The Labute approximate surface area is 154 Å². The van der Waals surface area contributed by atoms with Gasteiger partial charge in [-0.2, -0.15) is 0 Å². The number of ether oxygens (including phenoxy) is 2. The minimum atomic E-state index is -3.00. The molecular weight excluding hydrogens is 360 g/mol. The van der Waals surface area contributed by atoms with Crippen molar-refractivity contribution in [2.45, 2.75) is 19.0 Å². The molecule has 2 rings (SSSR count). The zero-order valence-corrected chi connectivity index (χ0v) is 16.2. The Kier molecular flexibility index (Phi) is 6.66. The molecule has 0 aliphatic carbocycles. The minimum absolute atomic E-state index is 0.121. The number of sulfone groups is 1. The maximum Gasteiger partial charge on any atom is 0.169 e. The lowest BCUT2D eigenvalue weighted by atomic mass is 10.1. The van der Waals surface area contributed by atoms with Crippen LogP contribution in [0.5, 0.6) is 11.5 Å². The molecule has 1 aliphatic heterocycles. The quantitative estimate of drug-likeness (QED) is 0.567. The van der Waals surface area contributed by atoms with E-state index in [1.54, 1.807) is 20.3 Å². The molecule has 1 heterocycles. The number of nitrogens with one attached hydrogen (secondary N) is 1. The van der Waals surface area contributed by atoms with E-state index in [4.69, 9.17) is 21.7 Å². The van der Waals surface area contributed by atoms with E-state index in [1.807, 2.05) is 23.1 Å². The van der Waals surface area contributed by atoms with Gasteiger partial charge in [-0.3, -0.25) is 0 Å². The van der Waals surface area contributed by atoms with Crippen LogP contribution < -0.4 is 14.8 Å². The number of hydrogen-bond donors (Lipinski definition) is 1. The third kappa shape index (κ3) is 5.09. The predicted molar refractivity (Wildman–Crippen MR) is 103 cm³/mol. The van der Waals surface area contributed by atoms with Crippen LogP contribution in [0, 0.1) is 0 Å². The summed E-state index contributed by atoms with van der Waals surface area (Å²) in [7, 11) is 0.163. The zero-order valence-electron chi connectivity index (χ0n) is 14.5. The first-order chi connectivity index (χ1) is 11.9. The average molecular weight is 385 g/mol. The van der Waals surface area contributed by atoms with Crippen LogP contribution in [-0.2, 0) is 16.4 Å². The Morgan fingerprint density at radius 2 is 2.12 bits per heavy atom. The van der Waals surface area contributed by atoms with Crippen molar-refractivity contribution < 1.29 is 17.9 Å². The van der Waals surface area contributed by atoms with E-state index in [0.717, 1.165) is 5.56 Å². The topological polar surface area (TPSA) is 67.9 Å². The Morgan fingerprint density at radius 3 is 2.68 bits per heavy atom. The van der Waals surface area contributed by atoms with Gasteiger partial charge >= 0.3 is 0 Å². The molecule has 1 aromatic carbocycles. The molecule has 1 atom stereocenters. The van der Waals surface area contributed by atoms with Gasteiger partial charge in [-0.15, -0.1) is 6.58 Å². The van der Waals surface area contributed by atoms with E-state index < -0.39 is 9.84 Å². The van der Waals surface area contributed by atoms with E-state index in [0.29, 0.717) is 36.1 Å². The summed E-state index contributed by atoms with van der Waals surface area (Å²) in [6, 6.07) is 5.50. The number of rotatable bonds is 7. The first-order valence-electron chi connectivity index (χ1n) is 7.97. The minimum Gasteiger partial charge on any atom is -0.493 e. The van der Waals surface area contributed by atoms with Crippen LogP contribution in [0.3, 0.4) is 0 Å². The van der Waals surface area contributed by atoms with Gasteiger partial charge in [0, 0.05) is 19.1 Å². The highest BCUT2D eigenvalue weighted by molar-refractivity contribution is 7.91. The molecule has 6 nitrogen and oxygen atoms in total. The average Bonchev–Trinajstić information content (AvgIpc) is 2.96. The van der Waals surface area contributed by atoms with Gasteiger partial charge in [0.25, 0.3) is 0 Å². The molecule has 1 saturated heterocycles. The summed E-state index contributed by atoms with van der Waals surface area (Å²) < 4.78 is 34.3. The number of nitrogens with zero attached hydrogens (tertiary/aromatic N) is 1. The van der Waals surface area contributed by atoms with E-state index >= 15 is 0 Å². The van der Waals surface area contributed by atoms with Gasteiger partial charge in [0.2, 0.25) is 0 Å². The highest BCUT2D eigenvalue weighted by atomic mass is 32.2. The van der Waals surface area contributed by atoms with E-state index in [9.17, 15) is 8.42 Å². The summed E-state index contributed by atoms with van der Waals surface area (Å²) >= 11 is 5.48. The molecule has 25 heavy (non-hydrogen) atoms. The summed E-state index contributed by atoms with van der Waals surface area (Å²) in [5.41, 5.74) is 0.963. The van der Waals surface area contributed by atoms with E-state index in [2.05, 4.69) is 11.9 Å². The first kappa shape index (κ1) is 19.5. The molecule has 0 aromatic heterocycles. The third-order valence-corrected chi connectivity index (χ3v) is 6.24. The number of thiocarbonyl (C=S) groups is 1. The van der Waals surface area contributed by atoms with Crippen molar-refractivity contribution >= 4 is 27.2 Å². The molecule has 0 bridgehead atoms.